The molecule has 4 radical (unpaired) electrons. The van der Waals surface area contributed by atoms with Crippen LogP contribution in [0.3, 0.4) is 0 Å². The molecule has 1 aliphatic heterocycles. The fraction of sp³-hybridized carbons (Fsp3) is 0. The maximum atomic E-state index is 4.58. The third kappa shape index (κ3) is 0.763. The van der Waals surface area contributed by atoms with Gasteiger partial charge in [-0.2, -0.15) is 0 Å². The van der Waals surface area contributed by atoms with Crippen molar-refractivity contribution >= 4 is 28.9 Å². The third-order valence-corrected chi connectivity index (χ3v) is 0.425. The van der Waals surface area contributed by atoms with Crippen LogP contribution in [0.5, 0.6) is 0 Å². The van der Waals surface area contributed by atoms with Gasteiger partial charge in [-0.25, -0.2) is 0 Å². The van der Waals surface area contributed by atoms with E-state index in [1.807, 2.05) is 14.1 Å². The van der Waals surface area contributed by atoms with Crippen molar-refractivity contribution in [2.75, 3.05) is 0 Å². The Morgan fingerprint density at radius 2 is 1.60 bits per heavy atom. The molecule has 1 rings (SSSR count). The van der Waals surface area contributed by atoms with Crippen LogP contribution in [0.2, 0.25) is 0 Å². The van der Waals surface area contributed by atoms with E-state index in [4.69, 9.17) is 0 Å². The second kappa shape index (κ2) is 1.61. The Hall–Kier alpha value is 0.220. The van der Waals surface area contributed by atoms with Crippen LogP contribution >= 0.6 is 0 Å². The number of hydrogen-bond donors (Lipinski definition) is 0. The summed E-state index contributed by atoms with van der Waals surface area (Å²) in [6.07, 6.45) is 0. The molecule has 0 aliphatic carbocycles. The second-order valence-electron chi connectivity index (χ2n) is 0.793. The van der Waals surface area contributed by atoms with Crippen LogP contribution in [-0.2, 0) is 4.57 Å². The van der Waals surface area contributed by atoms with E-state index in [-0.39, 0.29) is 0 Å². The van der Waals surface area contributed by atoms with Gasteiger partial charge in [-0.15, -0.1) is 0 Å². The molecule has 5 heavy (non-hydrogen) atoms. The molecule has 1 fully saturated rings. The molecular weight excluding hydrogens is 59.2 g/mol. The van der Waals surface area contributed by atoms with E-state index in [2.05, 4.69) is 4.57 Å². The first-order valence-electron chi connectivity index (χ1n) is 1.47. The highest BCUT2D eigenvalue weighted by atomic mass is 16.4. The number of hydrogen-bond acceptors (Lipinski definition) is 1. The zero-order valence-electron chi connectivity index (χ0n) is 2.72. The van der Waals surface area contributed by atoms with Gasteiger partial charge < -0.3 is 4.57 Å². The predicted octanol–water partition coefficient (Wildman–Crippen LogP) is -1.59. The minimum absolute atomic E-state index is 1.62. The van der Waals surface area contributed by atoms with Crippen LogP contribution in [0.25, 0.3) is 0 Å². The minimum atomic E-state index is 1.62. The van der Waals surface area contributed by atoms with Gasteiger partial charge in [-0.1, -0.05) is 0 Å². The molecule has 0 N–H and O–H groups in total. The fourth-order valence-electron chi connectivity index (χ4n) is 0.227. The van der Waals surface area contributed by atoms with Gasteiger partial charge in [0.25, 0.3) is 0 Å². The summed E-state index contributed by atoms with van der Waals surface area (Å²) in [5.41, 5.74) is 0. The first kappa shape index (κ1) is 3.41. The van der Waals surface area contributed by atoms with E-state index < -0.39 is 0 Å². The summed E-state index contributed by atoms with van der Waals surface area (Å²) >= 11 is 0. The van der Waals surface area contributed by atoms with Gasteiger partial charge in [-0.3, -0.25) is 0 Å². The van der Waals surface area contributed by atoms with Gasteiger partial charge >= 0.3 is 0 Å². The molecule has 0 aromatic rings. The van der Waals surface area contributed by atoms with E-state index in [1.165, 1.54) is 0 Å². The number of rotatable bonds is 0. The highest BCUT2D eigenvalue weighted by molar-refractivity contribution is 7.47. The second-order valence-corrected chi connectivity index (χ2v) is 0.793. The monoisotopic (exact) mass is 60.0 g/mol. The summed E-state index contributed by atoms with van der Waals surface area (Å²) in [7, 11) is 6.92. The molecular formula is B4O. The lowest BCUT2D eigenvalue weighted by atomic mass is 9.19. The average molecular weight is 59.2 g/mol. The SMILES string of the molecule is [B]1[B][B]O[B]1. The van der Waals surface area contributed by atoms with E-state index in [0.717, 1.165) is 0 Å². The molecule has 0 aromatic carbocycles. The summed E-state index contributed by atoms with van der Waals surface area (Å²) in [4.78, 5) is 0. The smallest absolute Gasteiger partial charge is 0.205 e. The van der Waals surface area contributed by atoms with Gasteiger partial charge in [0.2, 0.25) is 14.7 Å². The van der Waals surface area contributed by atoms with Crippen LogP contribution in [0.15, 0.2) is 0 Å². The van der Waals surface area contributed by atoms with Crippen molar-refractivity contribution in [1.82, 2.24) is 0 Å². The lowest BCUT2D eigenvalue weighted by molar-refractivity contribution is 0.678. The molecule has 1 heterocycles. The van der Waals surface area contributed by atoms with Crippen molar-refractivity contribution < 1.29 is 4.57 Å². The van der Waals surface area contributed by atoms with Crippen LogP contribution in [0.4, 0.5) is 0 Å². The fourth-order valence-corrected chi connectivity index (χ4v) is 0.227. The molecule has 1 saturated heterocycles. The van der Waals surface area contributed by atoms with Crippen molar-refractivity contribution in [2.24, 2.45) is 0 Å². The Balaban J connectivity index is 2.08. The van der Waals surface area contributed by atoms with Crippen molar-refractivity contribution in [3.8, 4) is 0 Å². The van der Waals surface area contributed by atoms with Crippen molar-refractivity contribution in [3.63, 3.8) is 0 Å². The van der Waals surface area contributed by atoms with E-state index in [9.17, 15) is 0 Å². The Kier molecular flexibility index (Phi) is 1.10. The lowest BCUT2D eigenvalue weighted by Crippen LogP contribution is -2.00. The van der Waals surface area contributed by atoms with Gasteiger partial charge in [0.1, 0.15) is 0 Å². The predicted molar refractivity (Wildman–Crippen MR) is 24.1 cm³/mol. The molecule has 0 spiro atoms. The lowest BCUT2D eigenvalue weighted by Gasteiger charge is -1.76. The summed E-state index contributed by atoms with van der Waals surface area (Å²) < 4.78 is 4.58. The third-order valence-electron chi connectivity index (χ3n) is 0.425. The van der Waals surface area contributed by atoms with E-state index in [0.29, 0.717) is 0 Å². The van der Waals surface area contributed by atoms with E-state index >= 15 is 0 Å². The van der Waals surface area contributed by atoms with Crippen LogP contribution in [-0.4, -0.2) is 28.9 Å². The average Bonchev–Trinajstić information content (AvgIpc) is 1.76. The summed E-state index contributed by atoms with van der Waals surface area (Å²) in [5, 5.41) is 0. The van der Waals surface area contributed by atoms with Gasteiger partial charge in [0.05, 0.1) is 14.1 Å². The molecule has 1 aliphatic rings. The highest BCUT2D eigenvalue weighted by Gasteiger charge is 2.03. The molecule has 0 saturated carbocycles. The van der Waals surface area contributed by atoms with E-state index in [1.54, 1.807) is 14.7 Å². The van der Waals surface area contributed by atoms with Crippen molar-refractivity contribution in [3.05, 3.63) is 0 Å². The molecule has 0 aromatic heterocycles. The molecule has 0 unspecified atom stereocenters. The van der Waals surface area contributed by atoms with Crippen LogP contribution in [0.1, 0.15) is 0 Å². The normalized spacial score (nSPS) is 17.6. The first-order valence-corrected chi connectivity index (χ1v) is 1.47. The molecule has 0 bridgehead atoms. The Morgan fingerprint density at radius 3 is 1.80 bits per heavy atom. The van der Waals surface area contributed by atoms with Crippen molar-refractivity contribution in [2.45, 2.75) is 0 Å². The topological polar surface area (TPSA) is 9.23 Å². The minimum Gasteiger partial charge on any atom is -0.519 e. The quantitative estimate of drug-likeness (QED) is 0.306. The Bertz CT molecular complexity index is 15.2. The van der Waals surface area contributed by atoms with Crippen LogP contribution in [0, 0.1) is 0 Å². The maximum absolute atomic E-state index is 4.58. The largest absolute Gasteiger partial charge is 0.519 e. The standard InChI is InChI=1S/B4O/c1-2-4-5-3-1. The zero-order valence-corrected chi connectivity index (χ0v) is 2.72. The molecule has 1 nitrogen and oxygen atoms in total. The van der Waals surface area contributed by atoms with Crippen LogP contribution < -0.4 is 0 Å². The first-order chi connectivity index (χ1) is 2.50. The Labute approximate surface area is 34.4 Å². The summed E-state index contributed by atoms with van der Waals surface area (Å²) in [6.45, 7) is 0. The van der Waals surface area contributed by atoms with Gasteiger partial charge in [0, 0.05) is 0 Å². The van der Waals surface area contributed by atoms with Crippen molar-refractivity contribution in [1.29, 1.82) is 0 Å². The molecule has 18 valence electrons. The Morgan fingerprint density at radius 1 is 1.00 bits per heavy atom. The molecule has 0 amide bonds. The summed E-state index contributed by atoms with van der Waals surface area (Å²) in [6, 6.07) is 0. The van der Waals surface area contributed by atoms with Gasteiger partial charge in [0.15, 0.2) is 0 Å². The molecule has 5 heteroatoms. The molecule has 0 atom stereocenters. The summed E-state index contributed by atoms with van der Waals surface area (Å²) in [5.74, 6) is 0. The maximum Gasteiger partial charge on any atom is 0.205 e. The zero-order chi connectivity index (χ0) is 3.54. The van der Waals surface area contributed by atoms with Gasteiger partial charge in [-0.05, 0) is 0 Å². The highest BCUT2D eigenvalue weighted by Crippen LogP contribution is 1.69.